The molecule has 1 aromatic carbocycles. The second-order valence-electron chi connectivity index (χ2n) is 5.84. The van der Waals surface area contributed by atoms with Crippen molar-refractivity contribution in [3.63, 3.8) is 0 Å². The fraction of sp³-hybridized carbons (Fsp3) is 0.438. The van der Waals surface area contributed by atoms with E-state index in [2.05, 4.69) is 33.9 Å². The molecule has 138 valence electrons. The molecule has 1 aliphatic rings. The van der Waals surface area contributed by atoms with Crippen LogP contribution in [0, 0.1) is 3.57 Å². The molecule has 1 N–H and O–H groups in total. The highest BCUT2D eigenvalue weighted by molar-refractivity contribution is 14.1. The van der Waals surface area contributed by atoms with Crippen molar-refractivity contribution in [1.29, 1.82) is 0 Å². The monoisotopic (exact) mass is 516 g/mol. The van der Waals surface area contributed by atoms with Crippen LogP contribution < -0.4 is 4.72 Å². The number of rotatable bonds is 6. The summed E-state index contributed by atoms with van der Waals surface area (Å²) in [5.74, 6) is 0.0619. The number of benzene rings is 1. The molecule has 0 radical (unpaired) electrons. The van der Waals surface area contributed by atoms with Gasteiger partial charge in [0.15, 0.2) is 0 Å². The summed E-state index contributed by atoms with van der Waals surface area (Å²) < 4.78 is 26.5. The van der Waals surface area contributed by atoms with E-state index in [1.165, 1.54) is 0 Å². The Morgan fingerprint density at radius 2 is 1.92 bits per heavy atom. The third-order valence-electron chi connectivity index (χ3n) is 4.10. The Balaban J connectivity index is 1.85. The van der Waals surface area contributed by atoms with Gasteiger partial charge in [0.1, 0.15) is 0 Å². The zero-order chi connectivity index (χ0) is 18.6. The minimum Gasteiger partial charge on any atom is -0.343 e. The standard InChI is InChI=1S/C16H19Cl2IN2O3S/c1-2-25(23,24)20-12-5-7-21(8-6-12)16(22)4-3-11-9-13(17)14(18)10-15(11)19/h2,9-10,12,20H,1,3-8H2. The number of likely N-dealkylation sites (tertiary alicyclic amines) is 1. The van der Waals surface area contributed by atoms with Gasteiger partial charge in [-0.2, -0.15) is 0 Å². The largest absolute Gasteiger partial charge is 0.343 e. The van der Waals surface area contributed by atoms with Crippen LogP contribution in [0.4, 0.5) is 0 Å². The number of piperidine rings is 1. The van der Waals surface area contributed by atoms with E-state index < -0.39 is 10.0 Å². The molecule has 9 heteroatoms. The molecule has 0 bridgehead atoms. The van der Waals surface area contributed by atoms with Crippen LogP contribution in [0.5, 0.6) is 0 Å². The van der Waals surface area contributed by atoms with E-state index in [9.17, 15) is 13.2 Å². The SMILES string of the molecule is C=CS(=O)(=O)NC1CCN(C(=O)CCc2cc(Cl)c(Cl)cc2I)CC1. The Bertz CT molecular complexity index is 763. The van der Waals surface area contributed by atoms with Crippen LogP contribution in [-0.2, 0) is 21.2 Å². The molecule has 1 heterocycles. The predicted molar refractivity (Wildman–Crippen MR) is 109 cm³/mol. The summed E-state index contributed by atoms with van der Waals surface area (Å²) in [5, 5.41) is 1.90. The third kappa shape index (κ3) is 6.09. The topological polar surface area (TPSA) is 66.5 Å². The van der Waals surface area contributed by atoms with Crippen LogP contribution in [0.25, 0.3) is 0 Å². The van der Waals surface area contributed by atoms with E-state index in [-0.39, 0.29) is 11.9 Å². The number of sulfonamides is 1. The van der Waals surface area contributed by atoms with Crippen molar-refractivity contribution < 1.29 is 13.2 Å². The molecule has 1 saturated heterocycles. The molecule has 1 aromatic rings. The number of amides is 1. The zero-order valence-electron chi connectivity index (χ0n) is 13.5. The van der Waals surface area contributed by atoms with Gasteiger partial charge in [0.05, 0.1) is 10.0 Å². The maximum Gasteiger partial charge on any atom is 0.233 e. The fourth-order valence-corrected chi connectivity index (χ4v) is 4.75. The number of aryl methyl sites for hydroxylation is 1. The Hall–Kier alpha value is -0.350. The summed E-state index contributed by atoms with van der Waals surface area (Å²) in [4.78, 5) is 14.2. The lowest BCUT2D eigenvalue weighted by Crippen LogP contribution is -2.46. The molecule has 25 heavy (non-hydrogen) atoms. The molecule has 0 saturated carbocycles. The van der Waals surface area contributed by atoms with Crippen LogP contribution in [-0.4, -0.2) is 38.4 Å². The van der Waals surface area contributed by atoms with Crippen molar-refractivity contribution in [3.8, 4) is 0 Å². The van der Waals surface area contributed by atoms with Gasteiger partial charge in [0.25, 0.3) is 0 Å². The van der Waals surface area contributed by atoms with Crippen molar-refractivity contribution in [2.75, 3.05) is 13.1 Å². The minimum absolute atomic E-state index is 0.0619. The van der Waals surface area contributed by atoms with Gasteiger partial charge in [-0.1, -0.05) is 29.8 Å². The average molecular weight is 517 g/mol. The van der Waals surface area contributed by atoms with Crippen molar-refractivity contribution in [1.82, 2.24) is 9.62 Å². The second-order valence-corrected chi connectivity index (χ2v) is 9.48. The fourth-order valence-electron chi connectivity index (χ4n) is 2.68. The summed E-state index contributed by atoms with van der Waals surface area (Å²) in [5.41, 5.74) is 0.997. The van der Waals surface area contributed by atoms with Crippen LogP contribution in [0.2, 0.25) is 10.0 Å². The lowest BCUT2D eigenvalue weighted by molar-refractivity contribution is -0.132. The molecule has 0 aliphatic carbocycles. The Labute approximate surface area is 171 Å². The van der Waals surface area contributed by atoms with E-state index in [0.717, 1.165) is 14.5 Å². The van der Waals surface area contributed by atoms with Gasteiger partial charge >= 0.3 is 0 Å². The molecule has 1 amide bonds. The average Bonchev–Trinajstić information content (AvgIpc) is 2.57. The highest BCUT2D eigenvalue weighted by Crippen LogP contribution is 2.28. The lowest BCUT2D eigenvalue weighted by Gasteiger charge is -2.32. The molecule has 1 fully saturated rings. The van der Waals surface area contributed by atoms with Crippen LogP contribution in [0.3, 0.4) is 0 Å². The Morgan fingerprint density at radius 3 is 2.52 bits per heavy atom. The van der Waals surface area contributed by atoms with Gasteiger partial charge in [0.2, 0.25) is 15.9 Å². The van der Waals surface area contributed by atoms with Crippen LogP contribution in [0.1, 0.15) is 24.8 Å². The number of hydrogen-bond donors (Lipinski definition) is 1. The van der Waals surface area contributed by atoms with E-state index in [1.807, 2.05) is 0 Å². The third-order valence-corrected chi connectivity index (χ3v) is 6.92. The lowest BCUT2D eigenvalue weighted by atomic mass is 10.0. The number of halogens is 3. The molecular formula is C16H19Cl2IN2O3S. The first-order valence-electron chi connectivity index (χ1n) is 7.78. The van der Waals surface area contributed by atoms with Crippen molar-refractivity contribution >= 4 is 61.7 Å². The number of carbonyl (C=O) groups excluding carboxylic acids is 1. The van der Waals surface area contributed by atoms with Gasteiger partial charge in [-0.3, -0.25) is 4.79 Å². The molecule has 0 aromatic heterocycles. The number of hydrogen-bond acceptors (Lipinski definition) is 3. The predicted octanol–water partition coefficient (Wildman–Crippen LogP) is 3.58. The molecule has 2 rings (SSSR count). The molecule has 0 spiro atoms. The van der Waals surface area contributed by atoms with Gasteiger partial charge in [-0.15, -0.1) is 0 Å². The quantitative estimate of drug-likeness (QED) is 0.464. The summed E-state index contributed by atoms with van der Waals surface area (Å²) in [7, 11) is -3.43. The highest BCUT2D eigenvalue weighted by Gasteiger charge is 2.24. The van der Waals surface area contributed by atoms with Crippen molar-refractivity contribution in [3.05, 3.63) is 43.3 Å². The molecule has 1 aliphatic heterocycles. The second kappa shape index (κ2) is 9.03. The first-order valence-corrected chi connectivity index (χ1v) is 11.2. The summed E-state index contributed by atoms with van der Waals surface area (Å²) in [6.45, 7) is 4.37. The number of carbonyl (C=O) groups is 1. The van der Waals surface area contributed by atoms with Crippen LogP contribution >= 0.6 is 45.8 Å². The zero-order valence-corrected chi connectivity index (χ0v) is 18.0. The molecular weight excluding hydrogens is 498 g/mol. The van der Waals surface area contributed by atoms with E-state index in [1.54, 1.807) is 17.0 Å². The maximum absolute atomic E-state index is 12.4. The maximum atomic E-state index is 12.4. The summed E-state index contributed by atoms with van der Waals surface area (Å²) >= 11 is 14.2. The minimum atomic E-state index is -3.43. The first-order chi connectivity index (χ1) is 11.7. The number of nitrogens with zero attached hydrogens (tertiary/aromatic N) is 1. The van der Waals surface area contributed by atoms with E-state index in [4.69, 9.17) is 23.2 Å². The summed E-state index contributed by atoms with van der Waals surface area (Å²) in [6, 6.07) is 3.44. The normalized spacial score (nSPS) is 16.0. The Kier molecular flexibility index (Phi) is 7.57. The van der Waals surface area contributed by atoms with Crippen molar-refractivity contribution in [2.24, 2.45) is 0 Å². The van der Waals surface area contributed by atoms with E-state index >= 15 is 0 Å². The van der Waals surface area contributed by atoms with Crippen molar-refractivity contribution in [2.45, 2.75) is 31.7 Å². The molecule has 5 nitrogen and oxygen atoms in total. The van der Waals surface area contributed by atoms with Gasteiger partial charge in [-0.05, 0) is 59.5 Å². The van der Waals surface area contributed by atoms with Gasteiger partial charge in [0, 0.05) is 34.5 Å². The first kappa shape index (κ1) is 21.0. The summed E-state index contributed by atoms with van der Waals surface area (Å²) in [6.07, 6.45) is 2.18. The van der Waals surface area contributed by atoms with Gasteiger partial charge < -0.3 is 4.90 Å². The molecule has 0 atom stereocenters. The van der Waals surface area contributed by atoms with Crippen LogP contribution in [0.15, 0.2) is 24.1 Å². The molecule has 0 unspecified atom stereocenters. The highest BCUT2D eigenvalue weighted by atomic mass is 127. The Morgan fingerprint density at radius 1 is 1.32 bits per heavy atom. The smallest absolute Gasteiger partial charge is 0.233 e. The number of nitrogens with one attached hydrogen (secondary N) is 1. The van der Waals surface area contributed by atoms with Gasteiger partial charge in [-0.25, -0.2) is 13.1 Å². The van der Waals surface area contributed by atoms with E-state index in [0.29, 0.717) is 48.8 Å².